The van der Waals surface area contributed by atoms with Crippen molar-refractivity contribution < 1.29 is 4.79 Å². The standard InChI is InChI=1S/C17H10N2O2S3/c20-15-13-6-10(2-1-9(13)3-4-18-15)11-5-12(23-8-11)7-14-16(21)19-17(22)24-14/h1-8H,(H,18,20)(H,19,21,22). The zero-order valence-electron chi connectivity index (χ0n) is 12.2. The molecule has 3 aromatic rings. The van der Waals surface area contributed by atoms with Gasteiger partial charge in [0, 0.05) is 16.5 Å². The van der Waals surface area contributed by atoms with Crippen LogP contribution in [0.2, 0.25) is 0 Å². The number of fused-ring (bicyclic) bond motifs is 1. The average Bonchev–Trinajstić information content (AvgIpc) is 3.15. The van der Waals surface area contributed by atoms with E-state index in [0.717, 1.165) is 21.4 Å². The third-order valence-corrected chi connectivity index (χ3v) is 5.69. The van der Waals surface area contributed by atoms with Gasteiger partial charge < -0.3 is 10.3 Å². The smallest absolute Gasteiger partial charge is 0.263 e. The first kappa shape index (κ1) is 15.3. The fraction of sp³-hybridized carbons (Fsp3) is 0. The molecule has 1 fully saturated rings. The number of thioether (sulfide) groups is 1. The number of amides is 1. The Morgan fingerprint density at radius 1 is 1.08 bits per heavy atom. The molecule has 7 heteroatoms. The number of H-pyrrole nitrogens is 1. The molecule has 3 heterocycles. The van der Waals surface area contributed by atoms with E-state index >= 15 is 0 Å². The lowest BCUT2D eigenvalue weighted by atomic mass is 10.0. The Hall–Kier alpha value is -2.22. The minimum absolute atomic E-state index is 0.0977. The van der Waals surface area contributed by atoms with Crippen molar-refractivity contribution in [2.45, 2.75) is 0 Å². The number of thiophene rings is 1. The molecule has 0 spiro atoms. The number of hydrogen-bond acceptors (Lipinski definition) is 5. The van der Waals surface area contributed by atoms with Crippen LogP contribution in [0.25, 0.3) is 28.0 Å². The van der Waals surface area contributed by atoms with Crippen molar-refractivity contribution in [3.63, 3.8) is 0 Å². The number of benzene rings is 1. The maximum atomic E-state index is 11.9. The highest BCUT2D eigenvalue weighted by Gasteiger charge is 2.22. The lowest BCUT2D eigenvalue weighted by Crippen LogP contribution is -2.17. The van der Waals surface area contributed by atoms with Gasteiger partial charge in [-0.05, 0) is 46.2 Å². The summed E-state index contributed by atoms with van der Waals surface area (Å²) in [5, 5.41) is 6.19. The van der Waals surface area contributed by atoms with E-state index in [1.54, 1.807) is 17.5 Å². The second kappa shape index (κ2) is 6.01. The van der Waals surface area contributed by atoms with Gasteiger partial charge >= 0.3 is 0 Å². The highest BCUT2D eigenvalue weighted by molar-refractivity contribution is 8.26. The molecule has 0 unspecified atom stereocenters. The van der Waals surface area contributed by atoms with Gasteiger partial charge in [0.15, 0.2) is 0 Å². The summed E-state index contributed by atoms with van der Waals surface area (Å²) in [7, 11) is 0. The largest absolute Gasteiger partial charge is 0.329 e. The number of hydrogen-bond donors (Lipinski definition) is 2. The summed E-state index contributed by atoms with van der Waals surface area (Å²) in [4.78, 5) is 27.9. The molecule has 0 atom stereocenters. The van der Waals surface area contributed by atoms with Crippen LogP contribution >= 0.6 is 35.3 Å². The molecule has 1 amide bonds. The minimum atomic E-state index is -0.155. The van der Waals surface area contributed by atoms with Crippen LogP contribution in [0, 0.1) is 0 Å². The van der Waals surface area contributed by atoms with E-state index in [0.29, 0.717) is 14.6 Å². The molecule has 2 aromatic heterocycles. The molecule has 4 rings (SSSR count). The molecular formula is C17H10N2O2S3. The number of rotatable bonds is 2. The van der Waals surface area contributed by atoms with Crippen LogP contribution in [-0.2, 0) is 4.79 Å². The van der Waals surface area contributed by atoms with Crippen molar-refractivity contribution in [2.75, 3.05) is 0 Å². The van der Waals surface area contributed by atoms with Crippen LogP contribution in [0.4, 0.5) is 0 Å². The highest BCUT2D eigenvalue weighted by Crippen LogP contribution is 2.31. The zero-order chi connectivity index (χ0) is 16.7. The van der Waals surface area contributed by atoms with Crippen LogP contribution in [0.3, 0.4) is 0 Å². The molecular weight excluding hydrogens is 360 g/mol. The molecule has 4 nitrogen and oxygen atoms in total. The first-order valence-corrected chi connectivity index (χ1v) is 9.16. The maximum Gasteiger partial charge on any atom is 0.263 e. The van der Waals surface area contributed by atoms with Gasteiger partial charge in [-0.2, -0.15) is 0 Å². The Bertz CT molecular complexity index is 1080. The van der Waals surface area contributed by atoms with Crippen LogP contribution in [0.5, 0.6) is 0 Å². The van der Waals surface area contributed by atoms with Crippen molar-refractivity contribution in [3.05, 3.63) is 62.0 Å². The van der Waals surface area contributed by atoms with E-state index in [4.69, 9.17) is 12.2 Å². The topological polar surface area (TPSA) is 62.0 Å². The summed E-state index contributed by atoms with van der Waals surface area (Å²) >= 11 is 7.80. The van der Waals surface area contributed by atoms with Gasteiger partial charge in [0.2, 0.25) is 0 Å². The summed E-state index contributed by atoms with van der Waals surface area (Å²) in [5.41, 5.74) is 1.89. The Morgan fingerprint density at radius 2 is 1.96 bits per heavy atom. The van der Waals surface area contributed by atoms with Crippen LogP contribution in [0.1, 0.15) is 4.88 Å². The summed E-state index contributed by atoms with van der Waals surface area (Å²) in [6.45, 7) is 0. The van der Waals surface area contributed by atoms with Gasteiger partial charge in [-0.1, -0.05) is 36.1 Å². The molecule has 1 aliphatic heterocycles. The zero-order valence-corrected chi connectivity index (χ0v) is 14.6. The molecule has 0 bridgehead atoms. The van der Waals surface area contributed by atoms with Gasteiger partial charge in [-0.3, -0.25) is 9.59 Å². The van der Waals surface area contributed by atoms with Crippen molar-refractivity contribution in [1.29, 1.82) is 0 Å². The van der Waals surface area contributed by atoms with Crippen LogP contribution < -0.4 is 10.9 Å². The highest BCUT2D eigenvalue weighted by atomic mass is 32.2. The average molecular weight is 370 g/mol. The number of thiocarbonyl (C=S) groups is 1. The fourth-order valence-corrected chi connectivity index (χ4v) is 4.45. The van der Waals surface area contributed by atoms with E-state index in [9.17, 15) is 9.59 Å². The number of aromatic amines is 1. The van der Waals surface area contributed by atoms with Gasteiger partial charge in [-0.15, -0.1) is 11.3 Å². The summed E-state index contributed by atoms with van der Waals surface area (Å²) in [6, 6.07) is 9.70. The van der Waals surface area contributed by atoms with E-state index < -0.39 is 0 Å². The van der Waals surface area contributed by atoms with Gasteiger partial charge in [-0.25, -0.2) is 0 Å². The van der Waals surface area contributed by atoms with Gasteiger partial charge in [0.05, 0.1) is 4.91 Å². The van der Waals surface area contributed by atoms with Crippen molar-refractivity contribution >= 4 is 62.4 Å². The Morgan fingerprint density at radius 3 is 2.75 bits per heavy atom. The van der Waals surface area contributed by atoms with Crippen LogP contribution in [-0.4, -0.2) is 15.2 Å². The first-order chi connectivity index (χ1) is 11.6. The lowest BCUT2D eigenvalue weighted by Gasteiger charge is -2.00. The minimum Gasteiger partial charge on any atom is -0.329 e. The van der Waals surface area contributed by atoms with Crippen molar-refractivity contribution in [1.82, 2.24) is 10.3 Å². The van der Waals surface area contributed by atoms with Crippen molar-refractivity contribution in [2.24, 2.45) is 0 Å². The number of carbonyl (C=O) groups excluding carboxylic acids is 1. The maximum absolute atomic E-state index is 11.9. The molecule has 0 saturated carbocycles. The SMILES string of the molecule is O=C1NC(=S)SC1=Cc1cc(-c2ccc3cc[nH]c(=O)c3c2)cs1. The summed E-state index contributed by atoms with van der Waals surface area (Å²) in [5.74, 6) is -0.155. The quantitative estimate of drug-likeness (QED) is 0.533. The monoisotopic (exact) mass is 370 g/mol. The fourth-order valence-electron chi connectivity index (χ4n) is 2.49. The summed E-state index contributed by atoms with van der Waals surface area (Å²) in [6.07, 6.45) is 3.48. The molecule has 0 radical (unpaired) electrons. The van der Waals surface area contributed by atoms with Gasteiger partial charge in [0.25, 0.3) is 11.5 Å². The second-order valence-corrected chi connectivity index (χ2v) is 7.86. The predicted molar refractivity (Wildman–Crippen MR) is 104 cm³/mol. The summed E-state index contributed by atoms with van der Waals surface area (Å²) < 4.78 is 0.483. The third-order valence-electron chi connectivity index (χ3n) is 3.64. The number of nitrogens with one attached hydrogen (secondary N) is 2. The second-order valence-electron chi connectivity index (χ2n) is 5.20. The normalized spacial score (nSPS) is 16.1. The predicted octanol–water partition coefficient (Wildman–Crippen LogP) is 3.75. The molecule has 1 saturated heterocycles. The Balaban J connectivity index is 1.72. The van der Waals surface area contributed by atoms with E-state index in [1.165, 1.54) is 11.8 Å². The number of pyridine rings is 1. The molecule has 24 heavy (non-hydrogen) atoms. The van der Waals surface area contributed by atoms with E-state index in [-0.39, 0.29) is 11.5 Å². The molecule has 0 aliphatic carbocycles. The Kier molecular flexibility index (Phi) is 3.84. The Labute approximate surface area is 150 Å². The number of carbonyl (C=O) groups is 1. The van der Waals surface area contributed by atoms with Gasteiger partial charge in [0.1, 0.15) is 4.32 Å². The molecule has 118 valence electrons. The van der Waals surface area contributed by atoms with E-state index in [1.807, 2.05) is 41.8 Å². The van der Waals surface area contributed by atoms with Crippen molar-refractivity contribution in [3.8, 4) is 11.1 Å². The lowest BCUT2D eigenvalue weighted by molar-refractivity contribution is -0.115. The first-order valence-electron chi connectivity index (χ1n) is 7.05. The number of aromatic nitrogens is 1. The molecule has 1 aromatic carbocycles. The molecule has 1 aliphatic rings. The van der Waals surface area contributed by atoms with Crippen LogP contribution in [0.15, 0.2) is 51.6 Å². The molecule has 2 N–H and O–H groups in total. The third kappa shape index (κ3) is 2.82. The van der Waals surface area contributed by atoms with E-state index in [2.05, 4.69) is 10.3 Å².